The number of amides is 1. The fourth-order valence-electron chi connectivity index (χ4n) is 4.17. The fraction of sp³-hybridized carbons (Fsp3) is 0.900. The molecule has 7 heteroatoms. The lowest BCUT2D eigenvalue weighted by atomic mass is 9.84. The summed E-state index contributed by atoms with van der Waals surface area (Å²) in [4.78, 5) is 18.4. The molecule has 0 bridgehead atoms. The average molecular weight is 494 g/mol. The maximum absolute atomic E-state index is 11.6. The minimum atomic E-state index is -0.0261. The molecule has 2 aliphatic rings. The Balaban J connectivity index is 0.00000364. The van der Waals surface area contributed by atoms with Gasteiger partial charge < -0.3 is 20.3 Å². The highest BCUT2D eigenvalue weighted by Gasteiger charge is 2.33. The van der Waals surface area contributed by atoms with Gasteiger partial charge in [-0.05, 0) is 38.0 Å². The van der Waals surface area contributed by atoms with Crippen molar-refractivity contribution in [2.24, 2.45) is 10.9 Å². The van der Waals surface area contributed by atoms with Crippen LogP contribution in [-0.2, 0) is 9.53 Å². The Kier molecular flexibility index (Phi) is 11.6. The average Bonchev–Trinajstić information content (AvgIpc) is 2.68. The van der Waals surface area contributed by atoms with Crippen LogP contribution < -0.4 is 10.6 Å². The molecule has 158 valence electrons. The lowest BCUT2D eigenvalue weighted by molar-refractivity contribution is -0.121. The van der Waals surface area contributed by atoms with Crippen LogP contribution in [0, 0.1) is 5.92 Å². The van der Waals surface area contributed by atoms with Crippen molar-refractivity contribution in [3.05, 3.63) is 0 Å². The summed E-state index contributed by atoms with van der Waals surface area (Å²) in [6, 6.07) is 0. The van der Waals surface area contributed by atoms with Crippen LogP contribution in [-0.4, -0.2) is 62.7 Å². The number of rotatable bonds is 7. The third-order valence-corrected chi connectivity index (χ3v) is 5.82. The third-order valence-electron chi connectivity index (χ3n) is 5.82. The SMILES string of the molecule is CCCOC1(CNC(=NC)N2CCC(CC(=O)NC)CC2)CCCCC1.I. The van der Waals surface area contributed by atoms with Gasteiger partial charge in [-0.15, -0.1) is 24.0 Å². The van der Waals surface area contributed by atoms with Crippen LogP contribution in [0.2, 0.25) is 0 Å². The van der Waals surface area contributed by atoms with Crippen molar-refractivity contribution in [2.75, 3.05) is 40.3 Å². The quantitative estimate of drug-likeness (QED) is 0.324. The van der Waals surface area contributed by atoms with Crippen LogP contribution in [0.25, 0.3) is 0 Å². The molecule has 1 amide bonds. The zero-order valence-corrected chi connectivity index (χ0v) is 19.7. The van der Waals surface area contributed by atoms with Crippen LogP contribution in [0.3, 0.4) is 0 Å². The van der Waals surface area contributed by atoms with E-state index in [9.17, 15) is 4.79 Å². The van der Waals surface area contributed by atoms with E-state index in [-0.39, 0.29) is 35.5 Å². The van der Waals surface area contributed by atoms with Gasteiger partial charge >= 0.3 is 0 Å². The topological polar surface area (TPSA) is 66.0 Å². The van der Waals surface area contributed by atoms with Crippen LogP contribution in [0.4, 0.5) is 0 Å². The Bertz CT molecular complexity index is 459. The van der Waals surface area contributed by atoms with E-state index in [1.54, 1.807) is 7.05 Å². The Morgan fingerprint density at radius 1 is 1.22 bits per heavy atom. The summed E-state index contributed by atoms with van der Waals surface area (Å²) >= 11 is 0. The van der Waals surface area contributed by atoms with E-state index in [1.165, 1.54) is 19.3 Å². The molecule has 1 saturated carbocycles. The van der Waals surface area contributed by atoms with Crippen molar-refractivity contribution in [3.63, 3.8) is 0 Å². The second-order valence-corrected chi connectivity index (χ2v) is 7.80. The number of hydrogen-bond acceptors (Lipinski definition) is 3. The molecule has 2 rings (SSSR count). The lowest BCUT2D eigenvalue weighted by Gasteiger charge is -2.39. The summed E-state index contributed by atoms with van der Waals surface area (Å²) in [5.74, 6) is 1.62. The second-order valence-electron chi connectivity index (χ2n) is 7.80. The van der Waals surface area contributed by atoms with E-state index in [0.717, 1.165) is 64.3 Å². The number of hydrogen-bond donors (Lipinski definition) is 2. The highest BCUT2D eigenvalue weighted by Crippen LogP contribution is 2.31. The molecular formula is C20H39IN4O2. The molecular weight excluding hydrogens is 455 g/mol. The first-order chi connectivity index (χ1) is 12.6. The monoisotopic (exact) mass is 494 g/mol. The van der Waals surface area contributed by atoms with Crippen molar-refractivity contribution in [3.8, 4) is 0 Å². The van der Waals surface area contributed by atoms with Gasteiger partial charge in [0.05, 0.1) is 5.60 Å². The molecule has 0 aromatic heterocycles. The summed E-state index contributed by atoms with van der Waals surface area (Å²) in [5.41, 5.74) is -0.0261. The van der Waals surface area contributed by atoms with Crippen LogP contribution in [0.1, 0.15) is 64.7 Å². The summed E-state index contributed by atoms with van der Waals surface area (Å²) in [6.07, 6.45) is 9.93. The number of carbonyl (C=O) groups excluding carboxylic acids is 1. The van der Waals surface area contributed by atoms with E-state index in [4.69, 9.17) is 4.74 Å². The molecule has 0 spiro atoms. The Labute approximate surface area is 182 Å². The van der Waals surface area contributed by atoms with E-state index >= 15 is 0 Å². The first kappa shape index (κ1) is 24.5. The fourth-order valence-corrected chi connectivity index (χ4v) is 4.17. The van der Waals surface area contributed by atoms with E-state index in [2.05, 4.69) is 27.4 Å². The molecule has 0 aromatic rings. The number of likely N-dealkylation sites (tertiary alicyclic amines) is 1. The summed E-state index contributed by atoms with van der Waals surface area (Å²) in [5, 5.41) is 6.33. The molecule has 0 atom stereocenters. The number of nitrogens with zero attached hydrogens (tertiary/aromatic N) is 2. The third kappa shape index (κ3) is 7.75. The van der Waals surface area contributed by atoms with Crippen molar-refractivity contribution in [1.82, 2.24) is 15.5 Å². The zero-order chi connectivity index (χ0) is 18.8. The van der Waals surface area contributed by atoms with Gasteiger partial charge in [0, 0.05) is 46.8 Å². The molecule has 0 unspecified atom stereocenters. The predicted octanol–water partition coefficient (Wildman–Crippen LogP) is 3.16. The van der Waals surface area contributed by atoms with Crippen molar-refractivity contribution in [2.45, 2.75) is 70.3 Å². The van der Waals surface area contributed by atoms with Crippen molar-refractivity contribution >= 4 is 35.8 Å². The van der Waals surface area contributed by atoms with Gasteiger partial charge in [-0.25, -0.2) is 0 Å². The normalized spacial score (nSPS) is 20.7. The van der Waals surface area contributed by atoms with Gasteiger partial charge in [-0.1, -0.05) is 26.2 Å². The number of guanidine groups is 1. The van der Waals surface area contributed by atoms with Crippen molar-refractivity contribution < 1.29 is 9.53 Å². The van der Waals surface area contributed by atoms with Gasteiger partial charge in [0.25, 0.3) is 0 Å². The molecule has 2 N–H and O–H groups in total. The first-order valence-electron chi connectivity index (χ1n) is 10.4. The smallest absolute Gasteiger partial charge is 0.220 e. The van der Waals surface area contributed by atoms with Crippen LogP contribution in [0.15, 0.2) is 4.99 Å². The van der Waals surface area contributed by atoms with Gasteiger partial charge in [0.2, 0.25) is 5.91 Å². The lowest BCUT2D eigenvalue weighted by Crippen LogP contribution is -2.52. The molecule has 1 heterocycles. The molecule has 0 radical (unpaired) electrons. The maximum Gasteiger partial charge on any atom is 0.220 e. The molecule has 1 aliphatic heterocycles. The minimum absolute atomic E-state index is 0. The number of aliphatic imine (C=N–C) groups is 1. The highest BCUT2D eigenvalue weighted by molar-refractivity contribution is 14.0. The standard InChI is InChI=1S/C20H38N4O2.HI/c1-4-14-26-20(10-6-5-7-11-20)16-23-19(22-3)24-12-8-17(9-13-24)15-18(25)21-2;/h17H,4-16H2,1-3H3,(H,21,25)(H,22,23);1H. The Morgan fingerprint density at radius 3 is 2.44 bits per heavy atom. The van der Waals surface area contributed by atoms with Gasteiger partial charge in [0.1, 0.15) is 0 Å². The molecule has 2 fully saturated rings. The van der Waals surface area contributed by atoms with Gasteiger partial charge in [-0.2, -0.15) is 0 Å². The van der Waals surface area contributed by atoms with E-state index in [1.807, 2.05) is 7.05 Å². The molecule has 1 aliphatic carbocycles. The Hall–Kier alpha value is -0.570. The molecule has 0 aromatic carbocycles. The molecule has 1 saturated heterocycles. The number of nitrogens with one attached hydrogen (secondary N) is 2. The zero-order valence-electron chi connectivity index (χ0n) is 17.4. The molecule has 6 nitrogen and oxygen atoms in total. The van der Waals surface area contributed by atoms with Gasteiger partial charge in [-0.3, -0.25) is 9.79 Å². The number of carbonyl (C=O) groups is 1. The summed E-state index contributed by atoms with van der Waals surface area (Å²) in [6.45, 7) is 5.78. The summed E-state index contributed by atoms with van der Waals surface area (Å²) in [7, 11) is 3.57. The number of ether oxygens (including phenoxy) is 1. The van der Waals surface area contributed by atoms with Crippen molar-refractivity contribution in [1.29, 1.82) is 0 Å². The van der Waals surface area contributed by atoms with Crippen LogP contribution >= 0.6 is 24.0 Å². The molecule has 27 heavy (non-hydrogen) atoms. The maximum atomic E-state index is 11.6. The second kappa shape index (κ2) is 12.8. The minimum Gasteiger partial charge on any atom is -0.373 e. The van der Waals surface area contributed by atoms with Gasteiger partial charge in [0.15, 0.2) is 5.96 Å². The van der Waals surface area contributed by atoms with E-state index in [0.29, 0.717) is 12.3 Å². The van der Waals surface area contributed by atoms with Crippen LogP contribution in [0.5, 0.6) is 0 Å². The summed E-state index contributed by atoms with van der Waals surface area (Å²) < 4.78 is 6.29. The highest BCUT2D eigenvalue weighted by atomic mass is 127. The predicted molar refractivity (Wildman–Crippen MR) is 122 cm³/mol. The van der Waals surface area contributed by atoms with E-state index < -0.39 is 0 Å². The first-order valence-corrected chi connectivity index (χ1v) is 10.4. The Morgan fingerprint density at radius 2 is 1.89 bits per heavy atom. The largest absolute Gasteiger partial charge is 0.373 e. The number of halogens is 1. The number of piperidine rings is 1.